The van der Waals surface area contributed by atoms with Gasteiger partial charge in [0.25, 0.3) is 5.91 Å². The number of carbonyl (C=O) groups excluding carboxylic acids is 2. The number of rotatable bonds is 5. The van der Waals surface area contributed by atoms with E-state index in [1.165, 1.54) is 29.9 Å². The fraction of sp³-hybridized carbons (Fsp3) is 0.188. The zero-order valence-corrected chi connectivity index (χ0v) is 13.8. The second-order valence-corrected chi connectivity index (χ2v) is 5.15. The lowest BCUT2D eigenvalue weighted by Gasteiger charge is -2.02. The molecule has 0 atom stereocenters. The average Bonchev–Trinajstić information content (AvgIpc) is 2.85. The Balaban J connectivity index is 2.17. The minimum atomic E-state index is -0.677. The minimum absolute atomic E-state index is 0.273. The van der Waals surface area contributed by atoms with E-state index >= 15 is 0 Å². The summed E-state index contributed by atoms with van der Waals surface area (Å²) in [6, 6.07) is 5.68. The SMILES string of the molecule is CNC(=O)COC(=O)/C=C/c1c(C)nn(-c2ccc(F)cc2)c1Cl. The summed E-state index contributed by atoms with van der Waals surface area (Å²) in [5.74, 6) is -1.45. The highest BCUT2D eigenvalue weighted by molar-refractivity contribution is 6.31. The summed E-state index contributed by atoms with van der Waals surface area (Å²) in [5.41, 5.74) is 1.70. The van der Waals surface area contributed by atoms with Crippen LogP contribution in [0.15, 0.2) is 30.3 Å². The van der Waals surface area contributed by atoms with Gasteiger partial charge in [-0.05, 0) is 37.3 Å². The molecule has 2 rings (SSSR count). The smallest absolute Gasteiger partial charge is 0.331 e. The van der Waals surface area contributed by atoms with E-state index in [0.29, 0.717) is 16.9 Å². The second kappa shape index (κ2) is 7.74. The number of nitrogens with zero attached hydrogens (tertiary/aromatic N) is 2. The highest BCUT2D eigenvalue weighted by Crippen LogP contribution is 2.24. The number of benzene rings is 1. The van der Waals surface area contributed by atoms with Crippen LogP contribution in [0.5, 0.6) is 0 Å². The van der Waals surface area contributed by atoms with Gasteiger partial charge >= 0.3 is 5.97 Å². The molecule has 2 aromatic rings. The molecule has 0 aliphatic heterocycles. The second-order valence-electron chi connectivity index (χ2n) is 4.79. The van der Waals surface area contributed by atoms with Crippen molar-refractivity contribution in [2.24, 2.45) is 0 Å². The molecule has 1 heterocycles. The van der Waals surface area contributed by atoms with Gasteiger partial charge in [-0.3, -0.25) is 4.79 Å². The van der Waals surface area contributed by atoms with Crippen molar-refractivity contribution in [3.63, 3.8) is 0 Å². The van der Waals surface area contributed by atoms with Gasteiger partial charge in [0.2, 0.25) is 0 Å². The summed E-state index contributed by atoms with van der Waals surface area (Å²) in [6.45, 7) is 1.36. The third-order valence-electron chi connectivity index (χ3n) is 3.13. The molecular weight excluding hydrogens is 337 g/mol. The van der Waals surface area contributed by atoms with Crippen LogP contribution in [-0.4, -0.2) is 35.3 Å². The third-order valence-corrected chi connectivity index (χ3v) is 3.49. The zero-order valence-electron chi connectivity index (χ0n) is 13.0. The molecule has 0 bridgehead atoms. The summed E-state index contributed by atoms with van der Waals surface area (Å²) in [7, 11) is 1.44. The number of ether oxygens (including phenoxy) is 1. The maximum absolute atomic E-state index is 13.0. The maximum Gasteiger partial charge on any atom is 0.331 e. The molecule has 6 nitrogen and oxygen atoms in total. The van der Waals surface area contributed by atoms with Crippen LogP contribution in [0, 0.1) is 12.7 Å². The molecule has 126 valence electrons. The Kier molecular flexibility index (Phi) is 5.70. The Morgan fingerprint density at radius 1 is 1.38 bits per heavy atom. The number of halogens is 2. The van der Waals surface area contributed by atoms with Crippen molar-refractivity contribution in [3.05, 3.63) is 52.6 Å². The lowest BCUT2D eigenvalue weighted by Crippen LogP contribution is -2.24. The number of esters is 1. The van der Waals surface area contributed by atoms with Gasteiger partial charge in [0.15, 0.2) is 6.61 Å². The molecule has 0 saturated heterocycles. The number of aromatic nitrogens is 2. The van der Waals surface area contributed by atoms with Crippen LogP contribution < -0.4 is 5.32 Å². The maximum atomic E-state index is 13.0. The van der Waals surface area contributed by atoms with Gasteiger partial charge in [0.1, 0.15) is 11.0 Å². The van der Waals surface area contributed by atoms with E-state index in [1.807, 2.05) is 0 Å². The highest BCUT2D eigenvalue weighted by atomic mass is 35.5. The summed E-state index contributed by atoms with van der Waals surface area (Å²) < 4.78 is 19.2. The average molecular weight is 352 g/mol. The van der Waals surface area contributed by atoms with E-state index in [9.17, 15) is 14.0 Å². The molecule has 0 fully saturated rings. The van der Waals surface area contributed by atoms with E-state index in [0.717, 1.165) is 6.08 Å². The van der Waals surface area contributed by atoms with Crippen LogP contribution in [0.25, 0.3) is 11.8 Å². The Morgan fingerprint density at radius 3 is 2.67 bits per heavy atom. The van der Waals surface area contributed by atoms with Crippen molar-refractivity contribution in [3.8, 4) is 5.69 Å². The molecular formula is C16H15ClFN3O3. The molecule has 0 radical (unpaired) electrons. The highest BCUT2D eigenvalue weighted by Gasteiger charge is 2.13. The van der Waals surface area contributed by atoms with Gasteiger partial charge in [0, 0.05) is 18.7 Å². The van der Waals surface area contributed by atoms with E-state index in [4.69, 9.17) is 16.3 Å². The normalized spacial score (nSPS) is 10.8. The molecule has 0 spiro atoms. The molecule has 1 N–H and O–H groups in total. The first-order valence-corrected chi connectivity index (χ1v) is 7.36. The van der Waals surface area contributed by atoms with E-state index in [1.54, 1.807) is 19.1 Å². The molecule has 0 saturated carbocycles. The Bertz CT molecular complexity index is 785. The van der Waals surface area contributed by atoms with E-state index < -0.39 is 11.9 Å². The van der Waals surface area contributed by atoms with Gasteiger partial charge < -0.3 is 10.1 Å². The Labute approximate surface area is 142 Å². The van der Waals surface area contributed by atoms with Crippen LogP contribution in [0.3, 0.4) is 0 Å². The van der Waals surface area contributed by atoms with Crippen LogP contribution in [0.1, 0.15) is 11.3 Å². The number of hydrogen-bond donors (Lipinski definition) is 1. The van der Waals surface area contributed by atoms with Gasteiger partial charge in [-0.15, -0.1) is 0 Å². The van der Waals surface area contributed by atoms with Gasteiger partial charge in [0.05, 0.1) is 11.4 Å². The summed E-state index contributed by atoms with van der Waals surface area (Å²) >= 11 is 6.28. The lowest BCUT2D eigenvalue weighted by molar-refractivity contribution is -0.143. The third kappa shape index (κ3) is 4.20. The first-order chi connectivity index (χ1) is 11.4. The summed E-state index contributed by atoms with van der Waals surface area (Å²) in [4.78, 5) is 22.6. The predicted molar refractivity (Wildman–Crippen MR) is 87.3 cm³/mol. The molecule has 1 aromatic heterocycles. The first-order valence-electron chi connectivity index (χ1n) is 6.99. The fourth-order valence-corrected chi connectivity index (χ4v) is 2.20. The zero-order chi connectivity index (χ0) is 17.7. The van der Waals surface area contributed by atoms with Crippen LogP contribution >= 0.6 is 11.6 Å². The first kappa shape index (κ1) is 17.7. The minimum Gasteiger partial charge on any atom is -0.452 e. The molecule has 8 heteroatoms. The van der Waals surface area contributed by atoms with Crippen molar-refractivity contribution in [1.29, 1.82) is 0 Å². The van der Waals surface area contributed by atoms with Crippen LogP contribution in [-0.2, 0) is 14.3 Å². The summed E-state index contributed by atoms with van der Waals surface area (Å²) in [5, 5.41) is 6.88. The number of hydrogen-bond acceptors (Lipinski definition) is 4. The number of nitrogens with one attached hydrogen (secondary N) is 1. The van der Waals surface area contributed by atoms with Crippen molar-refractivity contribution < 1.29 is 18.7 Å². The molecule has 0 unspecified atom stereocenters. The molecule has 1 aromatic carbocycles. The standard InChI is InChI=1S/C16H15ClFN3O3/c1-10-13(7-8-15(23)24-9-14(22)19-2)16(17)21(20-10)12-5-3-11(18)4-6-12/h3-8H,9H2,1-2H3,(H,19,22)/b8-7+. The Morgan fingerprint density at radius 2 is 2.04 bits per heavy atom. The number of amides is 1. The van der Waals surface area contributed by atoms with Crippen LogP contribution in [0.2, 0.25) is 5.15 Å². The van der Waals surface area contributed by atoms with E-state index in [2.05, 4.69) is 10.4 Å². The van der Waals surface area contributed by atoms with Gasteiger partial charge in [-0.1, -0.05) is 11.6 Å². The monoisotopic (exact) mass is 351 g/mol. The molecule has 0 aliphatic carbocycles. The van der Waals surface area contributed by atoms with Crippen molar-refractivity contribution >= 4 is 29.6 Å². The largest absolute Gasteiger partial charge is 0.452 e. The Hall–Kier alpha value is -2.67. The predicted octanol–water partition coefficient (Wildman–Crippen LogP) is 2.28. The summed E-state index contributed by atoms with van der Waals surface area (Å²) in [6.07, 6.45) is 2.62. The van der Waals surface area contributed by atoms with Crippen LogP contribution in [0.4, 0.5) is 4.39 Å². The van der Waals surface area contributed by atoms with Crippen molar-refractivity contribution in [1.82, 2.24) is 15.1 Å². The molecule has 1 amide bonds. The number of likely N-dealkylation sites (N-methyl/N-ethyl adjacent to an activating group) is 1. The topological polar surface area (TPSA) is 73.2 Å². The molecule has 24 heavy (non-hydrogen) atoms. The van der Waals surface area contributed by atoms with Crippen molar-refractivity contribution in [2.45, 2.75) is 6.92 Å². The van der Waals surface area contributed by atoms with Crippen molar-refractivity contribution in [2.75, 3.05) is 13.7 Å². The fourth-order valence-electron chi connectivity index (χ4n) is 1.86. The van der Waals surface area contributed by atoms with Gasteiger partial charge in [-0.25, -0.2) is 13.9 Å². The van der Waals surface area contributed by atoms with Gasteiger partial charge in [-0.2, -0.15) is 5.10 Å². The quantitative estimate of drug-likeness (QED) is 0.662. The number of carbonyl (C=O) groups is 2. The number of aryl methyl sites for hydroxylation is 1. The van der Waals surface area contributed by atoms with E-state index in [-0.39, 0.29) is 17.6 Å². The molecule has 0 aliphatic rings. The lowest BCUT2D eigenvalue weighted by atomic mass is 10.2.